The molecule has 0 N–H and O–H groups in total. The topological polar surface area (TPSA) is 104 Å². The maximum absolute atomic E-state index is 14.9. The van der Waals surface area contributed by atoms with Gasteiger partial charge in [0.15, 0.2) is 17.2 Å². The highest BCUT2D eigenvalue weighted by Crippen LogP contribution is 2.32. The molecule has 14 heteroatoms. The lowest BCUT2D eigenvalue weighted by molar-refractivity contribution is -0.0593. The number of halogens is 4. The van der Waals surface area contributed by atoms with Crippen LogP contribution in [0, 0.1) is 17.5 Å². The molecule has 4 aromatic rings. The number of fused-ring (bicyclic) bond motifs is 1. The molecule has 2 aliphatic rings. The van der Waals surface area contributed by atoms with Crippen LogP contribution in [0.25, 0.3) is 11.2 Å². The van der Waals surface area contributed by atoms with Crippen molar-refractivity contribution in [2.24, 2.45) is 0 Å². The molecule has 0 amide bonds. The highest BCUT2D eigenvalue weighted by Gasteiger charge is 2.29. The minimum Gasteiger partial charge on any atom is -0.471 e. The number of pyridine rings is 1. The maximum Gasteiger partial charge on any atom is 0.358 e. The molecule has 1 atom stereocenters. The van der Waals surface area contributed by atoms with Gasteiger partial charge in [-0.25, -0.2) is 27.9 Å². The van der Waals surface area contributed by atoms with Gasteiger partial charge in [0.1, 0.15) is 29.6 Å². The minimum absolute atomic E-state index is 0.0449. The third kappa shape index (κ3) is 6.49. The van der Waals surface area contributed by atoms with E-state index in [1.807, 2.05) is 4.57 Å². The Kier molecular flexibility index (Phi) is 8.96. The number of carbonyl (C=O) groups excluding carboxylic acids is 1. The van der Waals surface area contributed by atoms with Gasteiger partial charge in [-0.2, -0.15) is 0 Å². The number of imidazole rings is 1. The summed E-state index contributed by atoms with van der Waals surface area (Å²) in [6.45, 7) is 4.64. The number of piperidine rings is 1. The van der Waals surface area contributed by atoms with Gasteiger partial charge in [-0.1, -0.05) is 17.7 Å². The summed E-state index contributed by atoms with van der Waals surface area (Å²) in [7, 11) is 0. The van der Waals surface area contributed by atoms with Crippen molar-refractivity contribution in [1.82, 2.24) is 29.6 Å². The summed E-state index contributed by atoms with van der Waals surface area (Å²) < 4.78 is 61.7. The number of rotatable bonds is 10. The summed E-state index contributed by atoms with van der Waals surface area (Å²) in [6.07, 6.45) is 2.11. The quantitative estimate of drug-likeness (QED) is 0.218. The molecule has 1 aromatic carbocycles. The van der Waals surface area contributed by atoms with Crippen LogP contribution in [-0.2, 0) is 29.2 Å². The Hall–Kier alpha value is -3.81. The molecule has 5 heterocycles. The second kappa shape index (κ2) is 13.0. The van der Waals surface area contributed by atoms with E-state index >= 15 is 0 Å². The van der Waals surface area contributed by atoms with E-state index in [1.165, 1.54) is 12.1 Å². The standard InChI is InChI=1S/C30H30ClF3N6O4/c1-2-42-30(41)25-13-24-28(38-37-25)40(14-20-7-10-43-20)26(35-24)15-39-8-5-17(6-9-39)27-22(33)12-23(34)29(36-27)44-16-18-3-4-19(31)11-21(18)32/h3-4,11-13,17,20H,2,5-10,14-16H2,1H3/t20-/m0/s1. The molecule has 0 radical (unpaired) electrons. The fraction of sp³-hybridized carbons (Fsp3) is 0.433. The Bertz CT molecular complexity index is 1680. The van der Waals surface area contributed by atoms with Crippen LogP contribution in [0.15, 0.2) is 30.3 Å². The summed E-state index contributed by atoms with van der Waals surface area (Å²) >= 11 is 5.79. The fourth-order valence-corrected chi connectivity index (χ4v) is 5.58. The number of carbonyl (C=O) groups is 1. The van der Waals surface area contributed by atoms with Crippen LogP contribution in [0.3, 0.4) is 0 Å². The van der Waals surface area contributed by atoms with Crippen molar-refractivity contribution in [2.45, 2.75) is 57.9 Å². The Morgan fingerprint density at radius 2 is 1.84 bits per heavy atom. The molecule has 6 rings (SSSR count). The van der Waals surface area contributed by atoms with Gasteiger partial charge >= 0.3 is 5.97 Å². The van der Waals surface area contributed by atoms with Crippen LogP contribution in [0.5, 0.6) is 5.88 Å². The van der Waals surface area contributed by atoms with Gasteiger partial charge < -0.3 is 18.8 Å². The molecule has 0 aliphatic carbocycles. The molecule has 2 aliphatic heterocycles. The molecule has 10 nitrogen and oxygen atoms in total. The normalized spacial score (nSPS) is 17.5. The predicted molar refractivity (Wildman–Crippen MR) is 153 cm³/mol. The summed E-state index contributed by atoms with van der Waals surface area (Å²) in [5.74, 6) is -2.75. The molecular formula is C30H30ClF3N6O4. The van der Waals surface area contributed by atoms with Gasteiger partial charge in [-0.15, -0.1) is 10.2 Å². The first kappa shape index (κ1) is 30.2. The molecule has 0 saturated carbocycles. The van der Waals surface area contributed by atoms with Crippen molar-refractivity contribution in [2.75, 3.05) is 26.3 Å². The largest absolute Gasteiger partial charge is 0.471 e. The number of ether oxygens (including phenoxy) is 3. The lowest BCUT2D eigenvalue weighted by Crippen LogP contribution is -2.35. The molecule has 3 aromatic heterocycles. The number of benzene rings is 1. The van der Waals surface area contributed by atoms with E-state index in [-0.39, 0.29) is 53.1 Å². The van der Waals surface area contributed by atoms with E-state index in [9.17, 15) is 18.0 Å². The van der Waals surface area contributed by atoms with E-state index in [4.69, 9.17) is 30.8 Å². The zero-order valence-electron chi connectivity index (χ0n) is 23.9. The highest BCUT2D eigenvalue weighted by molar-refractivity contribution is 6.30. The summed E-state index contributed by atoms with van der Waals surface area (Å²) in [6, 6.07) is 6.42. The first-order valence-corrected chi connectivity index (χ1v) is 14.8. The van der Waals surface area contributed by atoms with Crippen LogP contribution >= 0.6 is 11.6 Å². The first-order valence-electron chi connectivity index (χ1n) is 14.5. The summed E-state index contributed by atoms with van der Waals surface area (Å²) in [5.41, 5.74) is 1.48. The lowest BCUT2D eigenvalue weighted by Gasteiger charge is -2.32. The van der Waals surface area contributed by atoms with Gasteiger partial charge in [-0.3, -0.25) is 4.90 Å². The van der Waals surface area contributed by atoms with Crippen molar-refractivity contribution >= 4 is 28.7 Å². The SMILES string of the molecule is CCOC(=O)c1cc2nc(CN3CCC(c4nc(OCc5ccc(Cl)cc5F)c(F)cc4F)CC3)n(C[C@@H]3CCO3)c2nn1. The lowest BCUT2D eigenvalue weighted by atomic mass is 9.92. The zero-order valence-corrected chi connectivity index (χ0v) is 24.7. The van der Waals surface area contributed by atoms with Crippen LogP contribution in [0.2, 0.25) is 5.02 Å². The molecule has 0 bridgehead atoms. The molecule has 232 valence electrons. The summed E-state index contributed by atoms with van der Waals surface area (Å²) in [5, 5.41) is 8.57. The number of esters is 1. The average Bonchev–Trinajstić information content (AvgIpc) is 3.31. The third-order valence-corrected chi connectivity index (χ3v) is 8.11. The number of likely N-dealkylation sites (tertiary alicyclic amines) is 1. The van der Waals surface area contributed by atoms with Gasteiger partial charge in [0.25, 0.3) is 5.88 Å². The molecule has 0 spiro atoms. The van der Waals surface area contributed by atoms with Crippen molar-refractivity contribution < 1.29 is 32.2 Å². The number of nitrogens with zero attached hydrogens (tertiary/aromatic N) is 6. The zero-order chi connectivity index (χ0) is 30.8. The van der Waals surface area contributed by atoms with E-state index in [2.05, 4.69) is 20.1 Å². The predicted octanol–water partition coefficient (Wildman–Crippen LogP) is 5.22. The Balaban J connectivity index is 1.15. The van der Waals surface area contributed by atoms with Crippen LogP contribution in [0.1, 0.15) is 59.7 Å². The Morgan fingerprint density at radius 3 is 2.55 bits per heavy atom. The van der Waals surface area contributed by atoms with Crippen molar-refractivity contribution in [3.8, 4) is 5.88 Å². The molecule has 44 heavy (non-hydrogen) atoms. The summed E-state index contributed by atoms with van der Waals surface area (Å²) in [4.78, 5) is 23.3. The van der Waals surface area contributed by atoms with E-state index in [1.54, 1.807) is 13.0 Å². The smallest absolute Gasteiger partial charge is 0.358 e. The van der Waals surface area contributed by atoms with E-state index < -0.39 is 23.4 Å². The van der Waals surface area contributed by atoms with Gasteiger partial charge in [-0.05, 0) is 51.4 Å². The first-order chi connectivity index (χ1) is 21.3. The third-order valence-electron chi connectivity index (χ3n) is 7.88. The minimum atomic E-state index is -0.957. The van der Waals surface area contributed by atoms with E-state index in [0.29, 0.717) is 56.8 Å². The second-order valence-corrected chi connectivity index (χ2v) is 11.2. The van der Waals surface area contributed by atoms with Gasteiger partial charge in [0.2, 0.25) is 0 Å². The van der Waals surface area contributed by atoms with Crippen LogP contribution in [0.4, 0.5) is 13.2 Å². The number of hydrogen-bond acceptors (Lipinski definition) is 9. The van der Waals surface area contributed by atoms with Gasteiger partial charge in [0, 0.05) is 35.2 Å². The fourth-order valence-electron chi connectivity index (χ4n) is 5.42. The van der Waals surface area contributed by atoms with Crippen molar-refractivity contribution in [3.63, 3.8) is 0 Å². The van der Waals surface area contributed by atoms with Crippen molar-refractivity contribution in [3.05, 3.63) is 75.6 Å². The average molecular weight is 631 g/mol. The van der Waals surface area contributed by atoms with Gasteiger partial charge in [0.05, 0.1) is 31.5 Å². The number of hydrogen-bond donors (Lipinski definition) is 0. The molecule has 2 fully saturated rings. The molecule has 2 saturated heterocycles. The molecule has 0 unspecified atom stereocenters. The van der Waals surface area contributed by atoms with Crippen LogP contribution < -0.4 is 4.74 Å². The van der Waals surface area contributed by atoms with Crippen molar-refractivity contribution in [1.29, 1.82) is 0 Å². The number of aromatic nitrogens is 5. The monoisotopic (exact) mass is 630 g/mol. The van der Waals surface area contributed by atoms with E-state index in [0.717, 1.165) is 24.4 Å². The highest BCUT2D eigenvalue weighted by atomic mass is 35.5. The van der Waals surface area contributed by atoms with Crippen LogP contribution in [-0.4, -0.2) is 68.0 Å². The second-order valence-electron chi connectivity index (χ2n) is 10.8. The molecular weight excluding hydrogens is 601 g/mol. The maximum atomic E-state index is 14.9. The Morgan fingerprint density at radius 1 is 1.05 bits per heavy atom. The Labute approximate surface area is 256 Å².